The van der Waals surface area contributed by atoms with Crippen molar-refractivity contribution < 1.29 is 4.74 Å². The van der Waals surface area contributed by atoms with E-state index in [0.29, 0.717) is 6.04 Å². The minimum Gasteiger partial charge on any atom is -0.385 e. The molecule has 0 aromatic carbocycles. The van der Waals surface area contributed by atoms with Gasteiger partial charge in [0.2, 0.25) is 0 Å². The van der Waals surface area contributed by atoms with E-state index in [1.165, 1.54) is 25.8 Å². The number of ether oxygens (including phenoxy) is 1. The molecule has 1 rings (SSSR count). The Hall–Kier alpha value is -0.0800. The number of hydrogen-bond acceptors (Lipinski definition) is 2. The molecule has 0 spiro atoms. The van der Waals surface area contributed by atoms with Crippen molar-refractivity contribution in [3.8, 4) is 0 Å². The highest BCUT2D eigenvalue weighted by molar-refractivity contribution is 4.74. The van der Waals surface area contributed by atoms with Crippen molar-refractivity contribution in [2.75, 3.05) is 20.3 Å². The highest BCUT2D eigenvalue weighted by Gasteiger charge is 2.17. The highest BCUT2D eigenvalue weighted by atomic mass is 16.5. The van der Waals surface area contributed by atoms with E-state index < -0.39 is 0 Å². The fraction of sp³-hybridized carbons (Fsp3) is 1.00. The van der Waals surface area contributed by atoms with Gasteiger partial charge < -0.3 is 10.1 Å². The Morgan fingerprint density at radius 1 is 1.55 bits per heavy atom. The van der Waals surface area contributed by atoms with Crippen LogP contribution in [-0.2, 0) is 4.74 Å². The Morgan fingerprint density at radius 2 is 2.36 bits per heavy atom. The van der Waals surface area contributed by atoms with Gasteiger partial charge >= 0.3 is 0 Å². The van der Waals surface area contributed by atoms with Crippen molar-refractivity contribution in [1.29, 1.82) is 0 Å². The smallest absolute Gasteiger partial charge is 0.0464 e. The van der Waals surface area contributed by atoms with Gasteiger partial charge in [0, 0.05) is 19.8 Å². The molecule has 2 nitrogen and oxygen atoms in total. The first-order chi connectivity index (χ1) is 5.33. The van der Waals surface area contributed by atoms with Crippen LogP contribution in [0, 0.1) is 5.92 Å². The maximum absolute atomic E-state index is 5.06. The molecule has 0 aromatic rings. The van der Waals surface area contributed by atoms with Crippen molar-refractivity contribution in [1.82, 2.24) is 5.32 Å². The van der Waals surface area contributed by atoms with Gasteiger partial charge in [0.25, 0.3) is 0 Å². The van der Waals surface area contributed by atoms with Crippen LogP contribution in [0.2, 0.25) is 0 Å². The number of nitrogens with one attached hydrogen (secondary N) is 1. The average Bonchev–Trinajstić information content (AvgIpc) is 2.01. The molecule has 1 unspecified atom stereocenters. The maximum atomic E-state index is 5.06. The third-order valence-electron chi connectivity index (χ3n) is 2.46. The third-order valence-corrected chi connectivity index (χ3v) is 2.46. The molecule has 1 fully saturated rings. The summed E-state index contributed by atoms with van der Waals surface area (Å²) in [5, 5.41) is 3.45. The zero-order valence-electron chi connectivity index (χ0n) is 7.60. The molecular formula is C9H19NO. The van der Waals surface area contributed by atoms with Crippen LogP contribution in [0.25, 0.3) is 0 Å². The third kappa shape index (κ3) is 3.21. The first kappa shape index (κ1) is 9.01. The van der Waals surface area contributed by atoms with Gasteiger partial charge in [-0.15, -0.1) is 0 Å². The molecule has 2 atom stereocenters. The second-order valence-corrected chi connectivity index (χ2v) is 3.53. The van der Waals surface area contributed by atoms with Crippen molar-refractivity contribution in [2.24, 2.45) is 5.92 Å². The van der Waals surface area contributed by atoms with Crippen LogP contribution < -0.4 is 5.32 Å². The molecule has 11 heavy (non-hydrogen) atoms. The van der Waals surface area contributed by atoms with Gasteiger partial charge in [-0.1, -0.05) is 0 Å². The van der Waals surface area contributed by atoms with E-state index in [1.54, 1.807) is 7.11 Å². The topological polar surface area (TPSA) is 21.3 Å². The van der Waals surface area contributed by atoms with Gasteiger partial charge in [-0.2, -0.15) is 0 Å². The second-order valence-electron chi connectivity index (χ2n) is 3.53. The first-order valence-corrected chi connectivity index (χ1v) is 4.55. The van der Waals surface area contributed by atoms with Crippen LogP contribution in [-0.4, -0.2) is 26.3 Å². The summed E-state index contributed by atoms with van der Waals surface area (Å²) in [6, 6.07) is 0.714. The maximum Gasteiger partial charge on any atom is 0.0464 e. The van der Waals surface area contributed by atoms with Crippen molar-refractivity contribution in [2.45, 2.75) is 32.2 Å². The van der Waals surface area contributed by atoms with Crippen LogP contribution >= 0.6 is 0 Å². The molecule has 0 saturated carbocycles. The van der Waals surface area contributed by atoms with Gasteiger partial charge in [-0.05, 0) is 38.6 Å². The first-order valence-electron chi connectivity index (χ1n) is 4.55. The number of hydrogen-bond donors (Lipinski definition) is 1. The predicted octanol–water partition coefficient (Wildman–Crippen LogP) is 1.41. The molecule has 1 aliphatic rings. The predicted molar refractivity (Wildman–Crippen MR) is 46.7 cm³/mol. The fourth-order valence-corrected chi connectivity index (χ4v) is 1.78. The Bertz CT molecular complexity index is 106. The molecule has 0 radical (unpaired) electrons. The summed E-state index contributed by atoms with van der Waals surface area (Å²) in [4.78, 5) is 0. The van der Waals surface area contributed by atoms with E-state index in [1.807, 2.05) is 0 Å². The Kier molecular flexibility index (Phi) is 3.87. The molecule has 0 aromatic heterocycles. The zero-order valence-corrected chi connectivity index (χ0v) is 7.60. The summed E-state index contributed by atoms with van der Waals surface area (Å²) in [5.41, 5.74) is 0. The summed E-state index contributed by atoms with van der Waals surface area (Å²) in [6.07, 6.45) is 3.89. The monoisotopic (exact) mass is 157 g/mol. The Morgan fingerprint density at radius 3 is 3.00 bits per heavy atom. The van der Waals surface area contributed by atoms with Gasteiger partial charge in [0.1, 0.15) is 0 Å². The lowest BCUT2D eigenvalue weighted by atomic mass is 9.91. The van der Waals surface area contributed by atoms with Crippen LogP contribution in [0.4, 0.5) is 0 Å². The minimum absolute atomic E-state index is 0.714. The molecule has 1 N–H and O–H groups in total. The highest BCUT2D eigenvalue weighted by Crippen LogP contribution is 2.18. The van der Waals surface area contributed by atoms with Gasteiger partial charge in [0.05, 0.1) is 0 Å². The van der Waals surface area contributed by atoms with Gasteiger partial charge in [-0.25, -0.2) is 0 Å². The molecule has 2 heteroatoms. The van der Waals surface area contributed by atoms with Crippen molar-refractivity contribution in [3.05, 3.63) is 0 Å². The number of piperidine rings is 1. The van der Waals surface area contributed by atoms with Gasteiger partial charge in [0.15, 0.2) is 0 Å². The quantitative estimate of drug-likeness (QED) is 0.669. The van der Waals surface area contributed by atoms with Crippen LogP contribution in [0.1, 0.15) is 26.2 Å². The molecule has 1 saturated heterocycles. The van der Waals surface area contributed by atoms with E-state index in [2.05, 4.69) is 12.2 Å². The molecular weight excluding hydrogens is 138 g/mol. The van der Waals surface area contributed by atoms with Crippen molar-refractivity contribution in [3.63, 3.8) is 0 Å². The lowest BCUT2D eigenvalue weighted by Gasteiger charge is -2.27. The normalized spacial score (nSPS) is 32.2. The Labute approximate surface area is 69.3 Å². The second kappa shape index (κ2) is 4.73. The summed E-state index contributed by atoms with van der Waals surface area (Å²) < 4.78 is 5.06. The largest absolute Gasteiger partial charge is 0.385 e. The number of methoxy groups -OCH3 is 1. The van der Waals surface area contributed by atoms with Crippen LogP contribution in [0.5, 0.6) is 0 Å². The number of rotatable bonds is 3. The SMILES string of the molecule is COCCC1CCN[C@H](C)C1. The summed E-state index contributed by atoms with van der Waals surface area (Å²) in [7, 11) is 1.78. The molecule has 1 heterocycles. The van der Waals surface area contributed by atoms with E-state index >= 15 is 0 Å². The minimum atomic E-state index is 0.714. The molecule has 66 valence electrons. The van der Waals surface area contributed by atoms with Crippen LogP contribution in [0.15, 0.2) is 0 Å². The van der Waals surface area contributed by atoms with Crippen LogP contribution in [0.3, 0.4) is 0 Å². The average molecular weight is 157 g/mol. The lowest BCUT2D eigenvalue weighted by molar-refractivity contribution is 0.162. The van der Waals surface area contributed by atoms with E-state index in [9.17, 15) is 0 Å². The molecule has 0 aliphatic carbocycles. The Balaban J connectivity index is 2.12. The van der Waals surface area contributed by atoms with E-state index in [4.69, 9.17) is 4.74 Å². The van der Waals surface area contributed by atoms with E-state index in [-0.39, 0.29) is 0 Å². The standard InChI is InChI=1S/C9H19NO/c1-8-7-9(3-5-10-8)4-6-11-2/h8-10H,3-7H2,1-2H3/t8-,9?/m1/s1. The lowest BCUT2D eigenvalue weighted by Crippen LogP contribution is -2.36. The molecule has 0 bridgehead atoms. The van der Waals surface area contributed by atoms with Crippen molar-refractivity contribution >= 4 is 0 Å². The van der Waals surface area contributed by atoms with Gasteiger partial charge in [-0.3, -0.25) is 0 Å². The summed E-state index contributed by atoms with van der Waals surface area (Å²) >= 11 is 0. The molecule has 0 amide bonds. The molecule has 1 aliphatic heterocycles. The fourth-order valence-electron chi connectivity index (χ4n) is 1.78. The summed E-state index contributed by atoms with van der Waals surface area (Å²) in [6.45, 7) is 4.38. The van der Waals surface area contributed by atoms with E-state index in [0.717, 1.165) is 12.5 Å². The summed E-state index contributed by atoms with van der Waals surface area (Å²) in [5.74, 6) is 0.895. The zero-order chi connectivity index (χ0) is 8.10.